The van der Waals surface area contributed by atoms with Crippen molar-refractivity contribution in [1.29, 1.82) is 0 Å². The van der Waals surface area contributed by atoms with Gasteiger partial charge in [0.2, 0.25) is 0 Å². The van der Waals surface area contributed by atoms with Gasteiger partial charge in [-0.2, -0.15) is 0 Å². The minimum absolute atomic E-state index is 0. The number of carbonyl (C=O) groups is 1. The van der Waals surface area contributed by atoms with Crippen molar-refractivity contribution >= 4 is 41.7 Å². The van der Waals surface area contributed by atoms with Gasteiger partial charge in [0.1, 0.15) is 0 Å². The lowest BCUT2D eigenvalue weighted by molar-refractivity contribution is 0.0931. The van der Waals surface area contributed by atoms with Crippen LogP contribution in [0.3, 0.4) is 0 Å². The maximum Gasteiger partial charge on any atom is 0.411 e. The highest BCUT2D eigenvalue weighted by Gasteiger charge is 2.05. The van der Waals surface area contributed by atoms with Crippen LogP contribution < -0.4 is 16.0 Å². The predicted octanol–water partition coefficient (Wildman–Crippen LogP) is 4.00. The van der Waals surface area contributed by atoms with Gasteiger partial charge in [0.25, 0.3) is 0 Å². The maximum atomic E-state index is 11.2. The molecule has 0 aliphatic heterocycles. The number of anilines is 1. The molecule has 1 amide bonds. The van der Waals surface area contributed by atoms with Crippen molar-refractivity contribution in [2.45, 2.75) is 20.1 Å². The number of benzene rings is 2. The summed E-state index contributed by atoms with van der Waals surface area (Å²) in [7, 11) is 3.08. The molecule has 2 aromatic rings. The van der Waals surface area contributed by atoms with E-state index < -0.39 is 6.09 Å². The fraction of sp³-hybridized carbons (Fsp3) is 0.364. The van der Waals surface area contributed by atoms with Gasteiger partial charge >= 0.3 is 6.09 Å². The first-order chi connectivity index (χ1) is 14.1. The topological polar surface area (TPSA) is 84.0 Å². The normalized spacial score (nSPS) is 11.8. The molecular formula is C22H31IN4O3. The molecule has 2 aromatic carbocycles. The Kier molecular flexibility index (Phi) is 12.5. The fourth-order valence-electron chi connectivity index (χ4n) is 2.56. The molecule has 8 heteroatoms. The lowest BCUT2D eigenvalue weighted by Gasteiger charge is -2.16. The second-order valence-corrected chi connectivity index (χ2v) is 6.73. The number of hydrogen-bond donors (Lipinski definition) is 3. The molecule has 0 bridgehead atoms. The molecule has 0 heterocycles. The summed E-state index contributed by atoms with van der Waals surface area (Å²) in [5, 5.41) is 9.22. The van der Waals surface area contributed by atoms with E-state index in [0.29, 0.717) is 31.4 Å². The van der Waals surface area contributed by atoms with E-state index >= 15 is 0 Å². The molecule has 0 spiro atoms. The van der Waals surface area contributed by atoms with Crippen LogP contribution in [0.2, 0.25) is 0 Å². The largest absolute Gasteiger partial charge is 0.453 e. The summed E-state index contributed by atoms with van der Waals surface area (Å²) >= 11 is 0. The first kappa shape index (κ1) is 25.7. The van der Waals surface area contributed by atoms with Crippen molar-refractivity contribution in [3.8, 4) is 0 Å². The van der Waals surface area contributed by atoms with Crippen LogP contribution >= 0.6 is 24.0 Å². The SMILES string of the molecule is CN=C(NCc1ccc(NC(=O)OC)cc1)NCC(C)COCc1ccccc1.I. The second-order valence-electron chi connectivity index (χ2n) is 6.73. The molecule has 1 unspecified atom stereocenters. The first-order valence-electron chi connectivity index (χ1n) is 9.60. The Bertz CT molecular complexity index is 770. The van der Waals surface area contributed by atoms with Crippen molar-refractivity contribution < 1.29 is 14.3 Å². The highest BCUT2D eigenvalue weighted by atomic mass is 127. The summed E-state index contributed by atoms with van der Waals surface area (Å²) in [5.41, 5.74) is 2.94. The number of nitrogens with one attached hydrogen (secondary N) is 3. The Labute approximate surface area is 195 Å². The van der Waals surface area contributed by atoms with Gasteiger partial charge in [-0.15, -0.1) is 24.0 Å². The molecule has 0 aromatic heterocycles. The van der Waals surface area contributed by atoms with E-state index in [-0.39, 0.29) is 24.0 Å². The van der Waals surface area contributed by atoms with Crippen molar-refractivity contribution in [3.63, 3.8) is 0 Å². The zero-order valence-corrected chi connectivity index (χ0v) is 20.0. The summed E-state index contributed by atoms with van der Waals surface area (Å²) in [4.78, 5) is 15.5. The van der Waals surface area contributed by atoms with Crippen LogP contribution in [0.1, 0.15) is 18.1 Å². The summed E-state index contributed by atoms with van der Waals surface area (Å²) in [6.07, 6.45) is -0.484. The predicted molar refractivity (Wildman–Crippen MR) is 131 cm³/mol. The van der Waals surface area contributed by atoms with Gasteiger partial charge in [-0.3, -0.25) is 10.3 Å². The van der Waals surface area contributed by atoms with E-state index in [2.05, 4.69) is 44.7 Å². The summed E-state index contributed by atoms with van der Waals surface area (Å²) in [6.45, 7) is 4.82. The first-order valence-corrected chi connectivity index (χ1v) is 9.60. The number of halogens is 1. The highest BCUT2D eigenvalue weighted by Crippen LogP contribution is 2.09. The molecule has 0 aliphatic carbocycles. The minimum Gasteiger partial charge on any atom is -0.453 e. The Morgan fingerprint density at radius 3 is 2.37 bits per heavy atom. The van der Waals surface area contributed by atoms with Gasteiger partial charge in [-0.05, 0) is 29.2 Å². The number of ether oxygens (including phenoxy) is 2. The standard InChI is InChI=1S/C22H30N4O3.HI/c1-17(15-29-16-19-7-5-4-6-8-19)13-24-21(23-2)25-14-18-9-11-20(12-10-18)26-22(27)28-3;/h4-12,17H,13-16H2,1-3H3,(H,26,27)(H2,23,24,25);1H. The molecule has 0 saturated heterocycles. The Morgan fingerprint density at radius 1 is 1.03 bits per heavy atom. The molecule has 0 radical (unpaired) electrons. The van der Waals surface area contributed by atoms with Crippen LogP contribution in [0.15, 0.2) is 59.6 Å². The highest BCUT2D eigenvalue weighted by molar-refractivity contribution is 14.0. The zero-order chi connectivity index (χ0) is 20.9. The third kappa shape index (κ3) is 9.93. The quantitative estimate of drug-likeness (QED) is 0.262. The Hall–Kier alpha value is -2.33. The number of guanidine groups is 1. The molecule has 1 atom stereocenters. The van der Waals surface area contributed by atoms with Gasteiger partial charge in [-0.25, -0.2) is 4.79 Å². The van der Waals surface area contributed by atoms with Crippen LogP contribution in [-0.2, 0) is 22.6 Å². The molecule has 3 N–H and O–H groups in total. The summed E-state index contributed by atoms with van der Waals surface area (Å²) < 4.78 is 10.4. The maximum absolute atomic E-state index is 11.2. The molecule has 30 heavy (non-hydrogen) atoms. The lowest BCUT2D eigenvalue weighted by atomic mass is 10.2. The van der Waals surface area contributed by atoms with E-state index in [4.69, 9.17) is 4.74 Å². The van der Waals surface area contributed by atoms with Crippen molar-refractivity contribution in [1.82, 2.24) is 10.6 Å². The lowest BCUT2D eigenvalue weighted by Crippen LogP contribution is -2.39. The minimum atomic E-state index is -0.484. The molecule has 0 aliphatic rings. The average Bonchev–Trinajstić information content (AvgIpc) is 2.75. The summed E-state index contributed by atoms with van der Waals surface area (Å²) in [6, 6.07) is 17.7. The molecular weight excluding hydrogens is 495 g/mol. The number of carbonyl (C=O) groups excluding carboxylic acids is 1. The third-order valence-corrected chi connectivity index (χ3v) is 4.20. The molecule has 7 nitrogen and oxygen atoms in total. The number of hydrogen-bond acceptors (Lipinski definition) is 4. The van der Waals surface area contributed by atoms with Crippen LogP contribution in [0, 0.1) is 5.92 Å². The third-order valence-electron chi connectivity index (χ3n) is 4.20. The van der Waals surface area contributed by atoms with Crippen molar-refractivity contribution in [3.05, 3.63) is 65.7 Å². The number of methoxy groups -OCH3 is 1. The molecule has 2 rings (SSSR count). The second kappa shape index (κ2) is 14.6. The average molecular weight is 526 g/mol. The Morgan fingerprint density at radius 2 is 1.73 bits per heavy atom. The van der Waals surface area contributed by atoms with Gasteiger partial charge < -0.3 is 20.1 Å². The van der Waals surface area contributed by atoms with Gasteiger partial charge in [0.05, 0.1) is 20.3 Å². The van der Waals surface area contributed by atoms with Crippen LogP contribution in [0.25, 0.3) is 0 Å². The van der Waals surface area contributed by atoms with Gasteiger partial charge in [0.15, 0.2) is 5.96 Å². The van der Waals surface area contributed by atoms with Gasteiger partial charge in [-0.1, -0.05) is 49.4 Å². The summed E-state index contributed by atoms with van der Waals surface area (Å²) in [5.74, 6) is 1.08. The zero-order valence-electron chi connectivity index (χ0n) is 17.7. The van der Waals surface area contributed by atoms with Gasteiger partial charge in [0, 0.05) is 25.8 Å². The fourth-order valence-corrected chi connectivity index (χ4v) is 2.56. The van der Waals surface area contributed by atoms with E-state index in [1.54, 1.807) is 7.05 Å². The van der Waals surface area contributed by atoms with E-state index in [1.165, 1.54) is 12.7 Å². The van der Waals surface area contributed by atoms with Crippen molar-refractivity contribution in [2.75, 3.05) is 32.6 Å². The number of rotatable bonds is 9. The number of amides is 1. The molecule has 164 valence electrons. The molecule has 0 saturated carbocycles. The monoisotopic (exact) mass is 526 g/mol. The van der Waals surface area contributed by atoms with E-state index in [9.17, 15) is 4.79 Å². The molecule has 0 fully saturated rings. The van der Waals surface area contributed by atoms with Crippen LogP contribution in [-0.4, -0.2) is 39.4 Å². The van der Waals surface area contributed by atoms with E-state index in [0.717, 1.165) is 18.1 Å². The van der Waals surface area contributed by atoms with Crippen LogP contribution in [0.5, 0.6) is 0 Å². The number of nitrogens with zero attached hydrogens (tertiary/aromatic N) is 1. The smallest absolute Gasteiger partial charge is 0.411 e. The Balaban J connectivity index is 0.00000450. The number of aliphatic imine (C=N–C) groups is 1. The van der Waals surface area contributed by atoms with Crippen LogP contribution in [0.4, 0.5) is 10.5 Å². The van der Waals surface area contributed by atoms with Crippen molar-refractivity contribution in [2.24, 2.45) is 10.9 Å². The van der Waals surface area contributed by atoms with E-state index in [1.807, 2.05) is 42.5 Å².